The minimum Gasteiger partial charge on any atom is -0.309 e. The van der Waals surface area contributed by atoms with Crippen LogP contribution >= 0.6 is 11.3 Å². The van der Waals surface area contributed by atoms with Crippen molar-refractivity contribution in [3.05, 3.63) is 194 Å². The summed E-state index contributed by atoms with van der Waals surface area (Å²) in [7, 11) is 0. The van der Waals surface area contributed by atoms with E-state index in [1.54, 1.807) is 0 Å². The maximum atomic E-state index is 5.04. The Morgan fingerprint density at radius 2 is 0.948 bits per heavy atom. The zero-order valence-corrected chi connectivity index (χ0v) is 32.0. The van der Waals surface area contributed by atoms with Gasteiger partial charge in [0.2, 0.25) is 0 Å². The molecule has 0 radical (unpaired) electrons. The number of hydrogen-bond acceptors (Lipinski definition) is 4. The van der Waals surface area contributed by atoms with Gasteiger partial charge in [-0.25, -0.2) is 15.0 Å². The van der Waals surface area contributed by atoms with Crippen LogP contribution in [0.4, 0.5) is 0 Å². The summed E-state index contributed by atoms with van der Waals surface area (Å²) in [6.45, 7) is 0. The minimum atomic E-state index is 0.633. The highest BCUT2D eigenvalue weighted by molar-refractivity contribution is 7.25. The predicted octanol–water partition coefficient (Wildman–Crippen LogP) is 14.3. The van der Waals surface area contributed by atoms with Gasteiger partial charge in [0.15, 0.2) is 17.5 Å². The first kappa shape index (κ1) is 32.7. The number of benzene rings is 9. The van der Waals surface area contributed by atoms with Gasteiger partial charge in [-0.05, 0) is 87.3 Å². The van der Waals surface area contributed by atoms with Gasteiger partial charge < -0.3 is 4.57 Å². The number of para-hydroxylation sites is 1. The van der Waals surface area contributed by atoms with Crippen LogP contribution in [-0.2, 0) is 0 Å². The molecule has 0 saturated carbocycles. The van der Waals surface area contributed by atoms with Crippen molar-refractivity contribution in [3.63, 3.8) is 0 Å². The van der Waals surface area contributed by atoms with Crippen LogP contribution in [0.5, 0.6) is 0 Å². The van der Waals surface area contributed by atoms with E-state index in [1.165, 1.54) is 63.6 Å². The number of aromatic nitrogens is 4. The van der Waals surface area contributed by atoms with Crippen LogP contribution in [0, 0.1) is 0 Å². The second-order valence-electron chi connectivity index (χ2n) is 14.8. The average molecular weight is 757 g/mol. The smallest absolute Gasteiger partial charge is 0.164 e. The molecule has 0 bridgehead atoms. The molecule has 0 fully saturated rings. The highest BCUT2D eigenvalue weighted by atomic mass is 32.1. The lowest BCUT2D eigenvalue weighted by atomic mass is 9.91. The molecule has 0 unspecified atom stereocenters. The second-order valence-corrected chi connectivity index (χ2v) is 15.9. The van der Waals surface area contributed by atoms with E-state index < -0.39 is 0 Å². The van der Waals surface area contributed by atoms with Gasteiger partial charge in [0.05, 0.1) is 11.0 Å². The number of thiophene rings is 1. The van der Waals surface area contributed by atoms with E-state index in [1.807, 2.05) is 72.0 Å². The Morgan fingerprint density at radius 3 is 1.72 bits per heavy atom. The molecule has 12 aromatic rings. The fourth-order valence-electron chi connectivity index (χ4n) is 8.70. The van der Waals surface area contributed by atoms with E-state index >= 15 is 0 Å². The number of fused-ring (bicyclic) bond motifs is 9. The first-order valence-corrected chi connectivity index (χ1v) is 20.3. The van der Waals surface area contributed by atoms with Gasteiger partial charge >= 0.3 is 0 Å². The Morgan fingerprint density at radius 1 is 0.328 bits per heavy atom. The Hall–Kier alpha value is -7.47. The Bertz CT molecular complexity index is 3510. The number of nitrogens with zero attached hydrogens (tertiary/aromatic N) is 4. The summed E-state index contributed by atoms with van der Waals surface area (Å²) >= 11 is 1.88. The van der Waals surface area contributed by atoms with Gasteiger partial charge in [0.1, 0.15) is 0 Å². The normalized spacial score (nSPS) is 11.8. The molecular weight excluding hydrogens is 725 g/mol. The topological polar surface area (TPSA) is 43.6 Å². The summed E-state index contributed by atoms with van der Waals surface area (Å²) < 4.78 is 5.01. The lowest BCUT2D eigenvalue weighted by Crippen LogP contribution is -2.01. The van der Waals surface area contributed by atoms with Gasteiger partial charge in [0.25, 0.3) is 0 Å². The van der Waals surface area contributed by atoms with Crippen molar-refractivity contribution >= 4 is 74.9 Å². The summed E-state index contributed by atoms with van der Waals surface area (Å²) in [6, 6.07) is 69.3. The van der Waals surface area contributed by atoms with Crippen molar-refractivity contribution in [1.29, 1.82) is 0 Å². The van der Waals surface area contributed by atoms with Crippen LogP contribution in [0.3, 0.4) is 0 Å². The maximum Gasteiger partial charge on any atom is 0.164 e. The summed E-state index contributed by atoms with van der Waals surface area (Å²) in [6.07, 6.45) is 0. The van der Waals surface area contributed by atoms with E-state index in [9.17, 15) is 0 Å². The standard InChI is InChI=1S/C53H32N4S/c1-3-14-33(15-4-1)51-54-52(34-16-5-2-6-17-34)56-53(55-51)37-19-13-20-38(28-37)57-47-24-11-9-22-40(47)45-30-36(26-27-48(45)57)42-29-35-18-7-8-21-39(35)44-32-50-46(31-43(42)44)41-23-10-12-25-49(41)58-50/h1-32H. The Labute approximate surface area is 338 Å². The van der Waals surface area contributed by atoms with Crippen LogP contribution in [-0.4, -0.2) is 19.5 Å². The van der Waals surface area contributed by atoms with Crippen LogP contribution in [0.2, 0.25) is 0 Å². The first-order valence-electron chi connectivity index (χ1n) is 19.5. The third-order valence-corrected chi connectivity index (χ3v) is 12.5. The lowest BCUT2D eigenvalue weighted by molar-refractivity contribution is 1.07. The molecule has 58 heavy (non-hydrogen) atoms. The van der Waals surface area contributed by atoms with Crippen LogP contribution in [0.25, 0.3) is 115 Å². The highest BCUT2D eigenvalue weighted by Gasteiger charge is 2.18. The fourth-order valence-corrected chi connectivity index (χ4v) is 9.82. The number of hydrogen-bond donors (Lipinski definition) is 0. The zero-order valence-electron chi connectivity index (χ0n) is 31.2. The average Bonchev–Trinajstić information content (AvgIpc) is 3.83. The van der Waals surface area contributed by atoms with Gasteiger partial charge in [-0.3, -0.25) is 0 Å². The number of rotatable bonds is 5. The van der Waals surface area contributed by atoms with Crippen molar-refractivity contribution in [2.75, 3.05) is 0 Å². The zero-order chi connectivity index (χ0) is 38.2. The van der Waals surface area contributed by atoms with Gasteiger partial charge in [-0.2, -0.15) is 0 Å². The molecule has 0 amide bonds. The SMILES string of the molecule is c1ccc(-c2nc(-c3ccccc3)nc(-c3cccc(-n4c5ccccc5c5cc(-c6cc7ccccc7c7cc8sc9ccccc9c8cc67)ccc54)c3)n2)cc1. The molecule has 270 valence electrons. The Kier molecular flexibility index (Phi) is 7.37. The molecule has 4 nitrogen and oxygen atoms in total. The third-order valence-electron chi connectivity index (χ3n) is 11.4. The molecule has 3 heterocycles. The summed E-state index contributed by atoms with van der Waals surface area (Å²) in [5.41, 5.74) is 8.59. The molecule has 12 rings (SSSR count). The van der Waals surface area contributed by atoms with Crippen molar-refractivity contribution in [2.24, 2.45) is 0 Å². The molecular formula is C53H32N4S. The summed E-state index contributed by atoms with van der Waals surface area (Å²) in [4.78, 5) is 15.0. The van der Waals surface area contributed by atoms with Crippen LogP contribution in [0.15, 0.2) is 194 Å². The molecule has 0 aliphatic rings. The van der Waals surface area contributed by atoms with Gasteiger partial charge in [-0.1, -0.05) is 140 Å². The first-order chi connectivity index (χ1) is 28.7. The molecule has 0 aliphatic heterocycles. The van der Waals surface area contributed by atoms with Crippen molar-refractivity contribution in [2.45, 2.75) is 0 Å². The molecule has 0 aliphatic carbocycles. The predicted molar refractivity (Wildman–Crippen MR) is 244 cm³/mol. The quantitative estimate of drug-likeness (QED) is 0.164. The van der Waals surface area contributed by atoms with E-state index in [4.69, 9.17) is 15.0 Å². The molecule has 0 atom stereocenters. The van der Waals surface area contributed by atoms with Crippen molar-refractivity contribution < 1.29 is 0 Å². The molecule has 9 aromatic carbocycles. The molecule has 0 N–H and O–H groups in total. The van der Waals surface area contributed by atoms with Crippen LogP contribution in [0.1, 0.15) is 0 Å². The second kappa shape index (κ2) is 13.1. The fraction of sp³-hybridized carbons (Fsp3) is 0. The molecule has 5 heteroatoms. The third kappa shape index (κ3) is 5.25. The van der Waals surface area contributed by atoms with E-state index in [0.29, 0.717) is 17.5 Å². The summed E-state index contributed by atoms with van der Waals surface area (Å²) in [5.74, 6) is 1.93. The highest BCUT2D eigenvalue weighted by Crippen LogP contribution is 2.43. The minimum absolute atomic E-state index is 0.633. The van der Waals surface area contributed by atoms with E-state index in [2.05, 4.69) is 138 Å². The largest absolute Gasteiger partial charge is 0.309 e. The lowest BCUT2D eigenvalue weighted by Gasteiger charge is -2.13. The van der Waals surface area contributed by atoms with Crippen LogP contribution < -0.4 is 0 Å². The maximum absolute atomic E-state index is 5.04. The van der Waals surface area contributed by atoms with Gasteiger partial charge in [-0.15, -0.1) is 11.3 Å². The van der Waals surface area contributed by atoms with Gasteiger partial charge in [0, 0.05) is 53.3 Å². The van der Waals surface area contributed by atoms with E-state index in [-0.39, 0.29) is 0 Å². The Balaban J connectivity index is 1.05. The van der Waals surface area contributed by atoms with Crippen molar-refractivity contribution in [3.8, 4) is 51.0 Å². The summed E-state index contributed by atoms with van der Waals surface area (Å²) in [5, 5.41) is 10.1. The van der Waals surface area contributed by atoms with Crippen molar-refractivity contribution in [1.82, 2.24) is 19.5 Å². The molecule has 3 aromatic heterocycles. The molecule has 0 spiro atoms. The van der Waals surface area contributed by atoms with E-state index in [0.717, 1.165) is 33.4 Å². The molecule has 0 saturated heterocycles. The monoisotopic (exact) mass is 756 g/mol.